The molecule has 4 N–H and O–H groups in total. The molecule has 0 spiro atoms. The second-order valence-electron chi connectivity index (χ2n) is 3.53. The summed E-state index contributed by atoms with van der Waals surface area (Å²) in [4.78, 5) is 10.9. The fourth-order valence-electron chi connectivity index (χ4n) is 1.78. The van der Waals surface area contributed by atoms with Gasteiger partial charge in [0, 0.05) is 6.54 Å². The molecular weight excluding hydrogens is 168 g/mol. The Morgan fingerprint density at radius 2 is 1.92 bits per heavy atom. The van der Waals surface area contributed by atoms with Crippen molar-refractivity contribution in [3.8, 4) is 0 Å². The summed E-state index contributed by atoms with van der Waals surface area (Å²) >= 11 is 0. The molecule has 5 nitrogen and oxygen atoms in total. The summed E-state index contributed by atoms with van der Waals surface area (Å²) in [5, 5.41) is 12.8. The Labute approximate surface area is 77.6 Å². The largest absolute Gasteiger partial charge is 0.353 e. The van der Waals surface area contributed by atoms with Gasteiger partial charge in [-0.15, -0.1) is 0 Å². The zero-order chi connectivity index (χ0) is 9.10. The van der Waals surface area contributed by atoms with Crippen LogP contribution in [0.5, 0.6) is 0 Å². The minimum absolute atomic E-state index is 0.0899. The smallest absolute Gasteiger partial charge is 0.234 e. The fraction of sp³-hybridized carbons (Fsp3) is 0.875. The van der Waals surface area contributed by atoms with E-state index in [1.165, 1.54) is 6.42 Å². The van der Waals surface area contributed by atoms with Crippen molar-refractivity contribution in [2.45, 2.75) is 18.6 Å². The lowest BCUT2D eigenvalue weighted by Gasteiger charge is -2.35. The van der Waals surface area contributed by atoms with E-state index in [4.69, 9.17) is 0 Å². The van der Waals surface area contributed by atoms with Crippen LogP contribution >= 0.6 is 0 Å². The molecule has 0 radical (unpaired) electrons. The van der Waals surface area contributed by atoms with E-state index in [0.717, 1.165) is 13.1 Å². The molecule has 5 heteroatoms. The molecule has 1 unspecified atom stereocenters. The normalized spacial score (nSPS) is 31.4. The van der Waals surface area contributed by atoms with Crippen molar-refractivity contribution < 1.29 is 4.79 Å². The van der Waals surface area contributed by atoms with Crippen molar-refractivity contribution in [1.82, 2.24) is 21.3 Å². The van der Waals surface area contributed by atoms with Crippen molar-refractivity contribution >= 4 is 5.91 Å². The maximum atomic E-state index is 10.9. The molecule has 2 heterocycles. The monoisotopic (exact) mass is 184 g/mol. The molecule has 2 fully saturated rings. The molecule has 74 valence electrons. The Morgan fingerprint density at radius 1 is 1.15 bits per heavy atom. The highest BCUT2D eigenvalue weighted by atomic mass is 16.2. The number of carbonyl (C=O) groups is 1. The third-order valence-corrected chi connectivity index (χ3v) is 2.53. The van der Waals surface area contributed by atoms with Crippen LogP contribution in [0.3, 0.4) is 0 Å². The first-order valence-corrected chi connectivity index (χ1v) is 4.83. The summed E-state index contributed by atoms with van der Waals surface area (Å²) < 4.78 is 0. The van der Waals surface area contributed by atoms with E-state index in [9.17, 15) is 4.79 Å². The maximum Gasteiger partial charge on any atom is 0.234 e. The Hall–Kier alpha value is -0.650. The SMILES string of the molecule is O=C1CNC(C2NCCCN2)CN1. The van der Waals surface area contributed by atoms with Gasteiger partial charge >= 0.3 is 0 Å². The van der Waals surface area contributed by atoms with Gasteiger partial charge in [0.1, 0.15) is 0 Å². The molecule has 0 aromatic carbocycles. The molecule has 2 aliphatic rings. The summed E-state index contributed by atoms with van der Waals surface area (Å²) in [6.07, 6.45) is 1.48. The first kappa shape index (κ1) is 8.93. The third kappa shape index (κ3) is 2.18. The molecule has 0 aromatic heterocycles. The van der Waals surface area contributed by atoms with Crippen molar-refractivity contribution in [3.05, 3.63) is 0 Å². The van der Waals surface area contributed by atoms with E-state index in [-0.39, 0.29) is 5.91 Å². The molecule has 0 saturated carbocycles. The first-order chi connectivity index (χ1) is 6.36. The standard InChI is InChI=1S/C8H16N4O/c13-7-5-11-6(4-12-7)8-9-2-1-3-10-8/h6,8-11H,1-5H2,(H,12,13). The Balaban J connectivity index is 1.82. The van der Waals surface area contributed by atoms with Crippen molar-refractivity contribution in [1.29, 1.82) is 0 Å². The van der Waals surface area contributed by atoms with Gasteiger partial charge in [-0.05, 0) is 19.5 Å². The summed E-state index contributed by atoms with van der Waals surface area (Å²) in [6, 6.07) is 0.318. The van der Waals surface area contributed by atoms with Gasteiger partial charge in [0.15, 0.2) is 0 Å². The van der Waals surface area contributed by atoms with Gasteiger partial charge in [-0.1, -0.05) is 0 Å². The van der Waals surface area contributed by atoms with Gasteiger partial charge in [0.25, 0.3) is 0 Å². The average Bonchev–Trinajstić information content (AvgIpc) is 2.20. The summed E-state index contributed by atoms with van der Waals surface area (Å²) in [7, 11) is 0. The quantitative estimate of drug-likeness (QED) is 0.380. The lowest BCUT2D eigenvalue weighted by atomic mass is 10.1. The van der Waals surface area contributed by atoms with Crippen molar-refractivity contribution in [3.63, 3.8) is 0 Å². The second kappa shape index (κ2) is 4.04. The van der Waals surface area contributed by atoms with Crippen molar-refractivity contribution in [2.75, 3.05) is 26.2 Å². The Bertz CT molecular complexity index is 181. The molecule has 2 rings (SSSR count). The van der Waals surface area contributed by atoms with Gasteiger partial charge in [-0.25, -0.2) is 0 Å². The number of rotatable bonds is 1. The van der Waals surface area contributed by atoms with E-state index in [0.29, 0.717) is 25.3 Å². The Kier molecular flexibility index (Phi) is 2.77. The number of piperazine rings is 1. The minimum atomic E-state index is 0.0899. The minimum Gasteiger partial charge on any atom is -0.353 e. The number of carbonyl (C=O) groups excluding carboxylic acids is 1. The molecule has 0 aliphatic carbocycles. The lowest BCUT2D eigenvalue weighted by Crippen LogP contribution is -2.65. The van der Waals surface area contributed by atoms with Crippen LogP contribution < -0.4 is 21.3 Å². The van der Waals surface area contributed by atoms with Gasteiger partial charge in [-0.2, -0.15) is 0 Å². The van der Waals surface area contributed by atoms with Crippen LogP contribution in [0.25, 0.3) is 0 Å². The fourth-order valence-corrected chi connectivity index (χ4v) is 1.78. The number of hydrogen-bond donors (Lipinski definition) is 4. The number of nitrogens with one attached hydrogen (secondary N) is 4. The summed E-state index contributed by atoms with van der Waals surface area (Å²) in [5.41, 5.74) is 0. The van der Waals surface area contributed by atoms with Crippen LogP contribution in [-0.2, 0) is 4.79 Å². The predicted molar refractivity (Wildman–Crippen MR) is 49.2 cm³/mol. The van der Waals surface area contributed by atoms with E-state index in [1.54, 1.807) is 0 Å². The van der Waals surface area contributed by atoms with Crippen LogP contribution in [0.15, 0.2) is 0 Å². The van der Waals surface area contributed by atoms with Gasteiger partial charge in [0.2, 0.25) is 5.91 Å². The van der Waals surface area contributed by atoms with Crippen LogP contribution in [-0.4, -0.2) is 44.3 Å². The van der Waals surface area contributed by atoms with E-state index < -0.39 is 0 Å². The van der Waals surface area contributed by atoms with Crippen LogP contribution in [0.2, 0.25) is 0 Å². The van der Waals surface area contributed by atoms with Gasteiger partial charge < -0.3 is 21.3 Å². The zero-order valence-corrected chi connectivity index (χ0v) is 7.60. The van der Waals surface area contributed by atoms with Crippen molar-refractivity contribution in [2.24, 2.45) is 0 Å². The van der Waals surface area contributed by atoms with Crippen LogP contribution in [0.4, 0.5) is 0 Å². The van der Waals surface area contributed by atoms with Crippen LogP contribution in [0.1, 0.15) is 6.42 Å². The highest BCUT2D eigenvalue weighted by molar-refractivity contribution is 5.78. The summed E-state index contributed by atoms with van der Waals surface area (Å²) in [5.74, 6) is 0.0899. The average molecular weight is 184 g/mol. The molecular formula is C8H16N4O. The molecule has 2 saturated heterocycles. The molecule has 13 heavy (non-hydrogen) atoms. The first-order valence-electron chi connectivity index (χ1n) is 4.83. The van der Waals surface area contributed by atoms with Gasteiger partial charge in [0.05, 0.1) is 18.8 Å². The third-order valence-electron chi connectivity index (χ3n) is 2.53. The second-order valence-corrected chi connectivity index (χ2v) is 3.53. The van der Waals surface area contributed by atoms with E-state index in [2.05, 4.69) is 21.3 Å². The molecule has 1 amide bonds. The zero-order valence-electron chi connectivity index (χ0n) is 7.60. The summed E-state index contributed by atoms with van der Waals surface area (Å²) in [6.45, 7) is 3.27. The molecule has 2 aliphatic heterocycles. The number of hydrogen-bond acceptors (Lipinski definition) is 4. The van der Waals surface area contributed by atoms with Crippen LogP contribution in [0, 0.1) is 0 Å². The van der Waals surface area contributed by atoms with Gasteiger partial charge in [-0.3, -0.25) is 4.79 Å². The lowest BCUT2D eigenvalue weighted by molar-refractivity contribution is -0.121. The topological polar surface area (TPSA) is 65.2 Å². The highest BCUT2D eigenvalue weighted by Crippen LogP contribution is 1.97. The molecule has 0 aromatic rings. The predicted octanol–water partition coefficient (Wildman–Crippen LogP) is -2.02. The van der Waals surface area contributed by atoms with E-state index >= 15 is 0 Å². The van der Waals surface area contributed by atoms with E-state index in [1.807, 2.05) is 0 Å². The Morgan fingerprint density at radius 3 is 2.54 bits per heavy atom. The maximum absolute atomic E-state index is 10.9. The highest BCUT2D eigenvalue weighted by Gasteiger charge is 2.26. The molecule has 1 atom stereocenters. The molecule has 0 bridgehead atoms. The number of amides is 1.